The molecule has 7 nitrogen and oxygen atoms in total. The molecule has 0 heterocycles. The van der Waals surface area contributed by atoms with Gasteiger partial charge in [-0.3, -0.25) is 13.9 Å². The Morgan fingerprint density at radius 1 is 0.897 bits per heavy atom. The third kappa shape index (κ3) is 7.69. The zero-order valence-electron chi connectivity index (χ0n) is 23.5. The Kier molecular flexibility index (Phi) is 10.3. The van der Waals surface area contributed by atoms with Crippen molar-refractivity contribution < 1.29 is 18.0 Å². The summed E-state index contributed by atoms with van der Waals surface area (Å²) in [5.41, 5.74) is 4.21. The van der Waals surface area contributed by atoms with E-state index in [1.807, 2.05) is 58.0 Å². The third-order valence-corrected chi connectivity index (χ3v) is 8.61. The average molecular weight is 550 g/mol. The summed E-state index contributed by atoms with van der Waals surface area (Å²) in [6, 6.07) is 20.3. The van der Waals surface area contributed by atoms with E-state index in [1.165, 1.54) is 17.0 Å². The number of sulfonamides is 1. The standard InChI is InChI=1S/C31H39N3O4S/c1-6-7-18-32-31(36)26(5)33(21-27-13-11-12-23(2)19-27)30(35)22-34(28-17-16-24(3)25(4)20-28)39(37,38)29-14-9-8-10-15-29/h8-17,19-20,26H,6-7,18,21-22H2,1-5H3,(H,32,36). The Balaban J connectivity index is 2.01. The molecule has 0 saturated heterocycles. The molecule has 1 unspecified atom stereocenters. The summed E-state index contributed by atoms with van der Waals surface area (Å²) in [5.74, 6) is -0.736. The van der Waals surface area contributed by atoms with Gasteiger partial charge in [-0.2, -0.15) is 0 Å². The average Bonchev–Trinajstić information content (AvgIpc) is 2.92. The number of amides is 2. The highest BCUT2D eigenvalue weighted by Crippen LogP contribution is 2.26. The molecule has 1 N–H and O–H groups in total. The van der Waals surface area contributed by atoms with E-state index >= 15 is 0 Å². The van der Waals surface area contributed by atoms with Crippen molar-refractivity contribution >= 4 is 27.5 Å². The van der Waals surface area contributed by atoms with Crippen LogP contribution in [0.3, 0.4) is 0 Å². The van der Waals surface area contributed by atoms with Gasteiger partial charge in [-0.25, -0.2) is 8.42 Å². The summed E-state index contributed by atoms with van der Waals surface area (Å²) >= 11 is 0. The van der Waals surface area contributed by atoms with Gasteiger partial charge >= 0.3 is 0 Å². The maximum absolute atomic E-state index is 14.0. The molecule has 8 heteroatoms. The molecule has 3 aromatic rings. The Morgan fingerprint density at radius 3 is 2.26 bits per heavy atom. The fourth-order valence-corrected chi connectivity index (χ4v) is 5.68. The highest BCUT2D eigenvalue weighted by Gasteiger charge is 2.32. The SMILES string of the molecule is CCCCNC(=O)C(C)N(Cc1cccc(C)c1)C(=O)CN(c1ccc(C)c(C)c1)S(=O)(=O)c1ccccc1. The Hall–Kier alpha value is -3.65. The van der Waals surface area contributed by atoms with Gasteiger partial charge < -0.3 is 10.2 Å². The minimum atomic E-state index is -4.07. The molecule has 0 bridgehead atoms. The molecule has 39 heavy (non-hydrogen) atoms. The van der Waals surface area contributed by atoms with Gasteiger partial charge in [0.25, 0.3) is 10.0 Å². The van der Waals surface area contributed by atoms with Crippen molar-refractivity contribution in [2.24, 2.45) is 0 Å². The molecule has 0 aliphatic rings. The lowest BCUT2D eigenvalue weighted by Crippen LogP contribution is -2.51. The van der Waals surface area contributed by atoms with E-state index in [0.717, 1.165) is 39.4 Å². The lowest BCUT2D eigenvalue weighted by atomic mass is 10.1. The largest absolute Gasteiger partial charge is 0.354 e. The van der Waals surface area contributed by atoms with Gasteiger partial charge in [0.2, 0.25) is 11.8 Å². The molecular formula is C31H39N3O4S. The second kappa shape index (κ2) is 13.4. The van der Waals surface area contributed by atoms with Crippen LogP contribution >= 0.6 is 0 Å². The van der Waals surface area contributed by atoms with E-state index in [0.29, 0.717) is 12.2 Å². The predicted octanol–water partition coefficient (Wildman–Crippen LogP) is 5.14. The first-order chi connectivity index (χ1) is 18.5. The van der Waals surface area contributed by atoms with Crippen LogP contribution in [0, 0.1) is 20.8 Å². The van der Waals surface area contributed by atoms with Crippen LogP contribution < -0.4 is 9.62 Å². The van der Waals surface area contributed by atoms with Crippen molar-refractivity contribution in [1.29, 1.82) is 0 Å². The summed E-state index contributed by atoms with van der Waals surface area (Å²) in [7, 11) is -4.07. The van der Waals surface area contributed by atoms with E-state index in [-0.39, 0.29) is 17.3 Å². The predicted molar refractivity (Wildman–Crippen MR) is 156 cm³/mol. The van der Waals surface area contributed by atoms with Gasteiger partial charge in [0.05, 0.1) is 10.6 Å². The number of benzene rings is 3. The van der Waals surface area contributed by atoms with Gasteiger partial charge in [-0.05, 0) is 75.1 Å². The Labute approximate surface area is 232 Å². The molecule has 0 saturated carbocycles. The summed E-state index contributed by atoms with van der Waals surface area (Å²) in [5, 5.41) is 2.91. The first-order valence-electron chi connectivity index (χ1n) is 13.3. The van der Waals surface area contributed by atoms with Crippen LogP contribution in [0.15, 0.2) is 77.7 Å². The van der Waals surface area contributed by atoms with Crippen molar-refractivity contribution in [3.8, 4) is 0 Å². The summed E-state index contributed by atoms with van der Waals surface area (Å²) in [4.78, 5) is 28.6. The molecule has 3 rings (SSSR count). The quantitative estimate of drug-likeness (QED) is 0.317. The Bertz CT molecular complexity index is 1390. The Morgan fingerprint density at radius 2 is 1.62 bits per heavy atom. The lowest BCUT2D eigenvalue weighted by Gasteiger charge is -2.32. The molecule has 1 atom stereocenters. The van der Waals surface area contributed by atoms with Crippen LogP contribution in [0.1, 0.15) is 48.9 Å². The van der Waals surface area contributed by atoms with Crippen LogP contribution in [0.4, 0.5) is 5.69 Å². The summed E-state index contributed by atoms with van der Waals surface area (Å²) in [6.07, 6.45) is 1.77. The van der Waals surface area contributed by atoms with E-state index < -0.39 is 28.5 Å². The van der Waals surface area contributed by atoms with Crippen molar-refractivity contribution in [3.63, 3.8) is 0 Å². The van der Waals surface area contributed by atoms with Gasteiger partial charge in [-0.1, -0.05) is 67.4 Å². The molecule has 2 amide bonds. The number of nitrogens with zero attached hydrogens (tertiary/aromatic N) is 2. The molecule has 0 radical (unpaired) electrons. The summed E-state index contributed by atoms with van der Waals surface area (Å²) < 4.78 is 28.8. The van der Waals surface area contributed by atoms with E-state index in [2.05, 4.69) is 5.32 Å². The molecule has 3 aromatic carbocycles. The highest BCUT2D eigenvalue weighted by atomic mass is 32.2. The first-order valence-corrected chi connectivity index (χ1v) is 14.8. The topological polar surface area (TPSA) is 86.8 Å². The van der Waals surface area contributed by atoms with E-state index in [9.17, 15) is 18.0 Å². The van der Waals surface area contributed by atoms with Crippen molar-refractivity contribution in [2.45, 2.75) is 64.9 Å². The second-order valence-electron chi connectivity index (χ2n) is 9.92. The monoisotopic (exact) mass is 549 g/mol. The van der Waals surface area contributed by atoms with Gasteiger partial charge in [-0.15, -0.1) is 0 Å². The molecule has 0 aromatic heterocycles. The van der Waals surface area contributed by atoms with Crippen molar-refractivity contribution in [2.75, 3.05) is 17.4 Å². The van der Waals surface area contributed by atoms with Gasteiger partial charge in [0.15, 0.2) is 0 Å². The fraction of sp³-hybridized carbons (Fsp3) is 0.355. The normalized spacial score (nSPS) is 12.0. The van der Waals surface area contributed by atoms with Crippen LogP contribution in [-0.4, -0.2) is 44.3 Å². The maximum atomic E-state index is 14.0. The number of aryl methyl sites for hydroxylation is 3. The number of hydrogen-bond donors (Lipinski definition) is 1. The van der Waals surface area contributed by atoms with Crippen LogP contribution in [0.2, 0.25) is 0 Å². The van der Waals surface area contributed by atoms with Gasteiger partial charge in [0, 0.05) is 13.1 Å². The van der Waals surface area contributed by atoms with Crippen LogP contribution in [0.5, 0.6) is 0 Å². The lowest BCUT2D eigenvalue weighted by molar-refractivity contribution is -0.139. The zero-order chi connectivity index (χ0) is 28.6. The first kappa shape index (κ1) is 29.9. The minimum absolute atomic E-state index is 0.0895. The third-order valence-electron chi connectivity index (χ3n) is 6.82. The number of hydrogen-bond acceptors (Lipinski definition) is 4. The molecule has 0 aliphatic heterocycles. The fourth-order valence-electron chi connectivity index (χ4n) is 4.26. The minimum Gasteiger partial charge on any atom is -0.354 e. The van der Waals surface area contributed by atoms with Crippen molar-refractivity contribution in [3.05, 3.63) is 95.1 Å². The number of rotatable bonds is 12. The number of carbonyl (C=O) groups is 2. The van der Waals surface area contributed by atoms with E-state index in [1.54, 1.807) is 37.3 Å². The molecule has 0 fully saturated rings. The molecule has 0 aliphatic carbocycles. The number of nitrogens with one attached hydrogen (secondary N) is 1. The molecular weight excluding hydrogens is 510 g/mol. The second-order valence-corrected chi connectivity index (χ2v) is 11.8. The van der Waals surface area contributed by atoms with Gasteiger partial charge in [0.1, 0.15) is 12.6 Å². The highest BCUT2D eigenvalue weighted by molar-refractivity contribution is 7.92. The number of carbonyl (C=O) groups excluding carboxylic acids is 2. The van der Waals surface area contributed by atoms with Crippen molar-refractivity contribution in [1.82, 2.24) is 10.2 Å². The zero-order valence-corrected chi connectivity index (χ0v) is 24.3. The summed E-state index contributed by atoms with van der Waals surface area (Å²) in [6.45, 7) is 9.78. The maximum Gasteiger partial charge on any atom is 0.264 e. The van der Waals surface area contributed by atoms with Crippen LogP contribution in [0.25, 0.3) is 0 Å². The van der Waals surface area contributed by atoms with E-state index in [4.69, 9.17) is 0 Å². The number of unbranched alkanes of at least 4 members (excludes halogenated alkanes) is 1. The number of anilines is 1. The van der Waals surface area contributed by atoms with Crippen LogP contribution in [-0.2, 0) is 26.2 Å². The smallest absolute Gasteiger partial charge is 0.264 e. The molecule has 208 valence electrons. The molecule has 0 spiro atoms.